The van der Waals surface area contributed by atoms with Crippen molar-refractivity contribution < 1.29 is 0 Å². The highest BCUT2D eigenvalue weighted by molar-refractivity contribution is 7.80. The lowest BCUT2D eigenvalue weighted by Crippen LogP contribution is -2.38. The van der Waals surface area contributed by atoms with Crippen LogP contribution >= 0.6 is 12.2 Å². The Bertz CT molecular complexity index is 597. The van der Waals surface area contributed by atoms with E-state index < -0.39 is 0 Å². The van der Waals surface area contributed by atoms with Crippen LogP contribution in [0.4, 0.5) is 11.4 Å². The van der Waals surface area contributed by atoms with Crippen molar-refractivity contribution in [1.29, 1.82) is 0 Å². The number of para-hydroxylation sites is 2. The molecule has 3 rings (SSSR count). The number of hydrogen-bond acceptors (Lipinski definition) is 3. The Kier molecular flexibility index (Phi) is 3.20. The minimum atomic E-state index is -0.294. The Hall–Kier alpha value is -2.27. The molecule has 0 fully saturated rings. The summed E-state index contributed by atoms with van der Waals surface area (Å²) in [6, 6.07) is 19.8. The van der Waals surface area contributed by atoms with Crippen LogP contribution in [0.15, 0.2) is 70.9 Å². The van der Waals surface area contributed by atoms with Gasteiger partial charge in [-0.1, -0.05) is 36.4 Å². The lowest BCUT2D eigenvalue weighted by molar-refractivity contribution is 0.797. The molecule has 1 atom stereocenters. The van der Waals surface area contributed by atoms with E-state index in [1.807, 2.05) is 65.6 Å². The second-order valence-electron chi connectivity index (χ2n) is 4.09. The SMILES string of the molecule is S=C1N=NC(Nc2ccccc2)N1c1ccccc1. The van der Waals surface area contributed by atoms with Gasteiger partial charge in [0.15, 0.2) is 0 Å². The van der Waals surface area contributed by atoms with Crippen LogP contribution in [0, 0.1) is 0 Å². The summed E-state index contributed by atoms with van der Waals surface area (Å²) in [6.45, 7) is 0. The molecule has 19 heavy (non-hydrogen) atoms. The van der Waals surface area contributed by atoms with Crippen molar-refractivity contribution in [3.63, 3.8) is 0 Å². The number of hydrogen-bond donors (Lipinski definition) is 1. The fourth-order valence-corrected chi connectivity index (χ4v) is 2.18. The maximum absolute atomic E-state index is 5.24. The third kappa shape index (κ3) is 2.46. The second kappa shape index (κ2) is 5.16. The molecule has 1 N–H and O–H groups in total. The first-order valence-electron chi connectivity index (χ1n) is 5.95. The van der Waals surface area contributed by atoms with Crippen molar-refractivity contribution in [3.05, 3.63) is 60.7 Å². The molecule has 2 aromatic rings. The molecule has 0 saturated carbocycles. The van der Waals surface area contributed by atoms with Gasteiger partial charge < -0.3 is 5.32 Å². The Morgan fingerprint density at radius 1 is 0.947 bits per heavy atom. The van der Waals surface area contributed by atoms with Crippen molar-refractivity contribution in [2.45, 2.75) is 6.29 Å². The average molecular weight is 268 g/mol. The summed E-state index contributed by atoms with van der Waals surface area (Å²) < 4.78 is 0. The average Bonchev–Trinajstić information content (AvgIpc) is 2.82. The lowest BCUT2D eigenvalue weighted by Gasteiger charge is -2.24. The van der Waals surface area contributed by atoms with E-state index in [1.54, 1.807) is 0 Å². The number of benzene rings is 2. The molecule has 4 nitrogen and oxygen atoms in total. The van der Waals surface area contributed by atoms with E-state index >= 15 is 0 Å². The van der Waals surface area contributed by atoms with E-state index in [1.165, 1.54) is 0 Å². The van der Waals surface area contributed by atoms with E-state index in [9.17, 15) is 0 Å². The Labute approximate surface area is 116 Å². The molecule has 1 unspecified atom stereocenters. The largest absolute Gasteiger partial charge is 0.345 e. The van der Waals surface area contributed by atoms with Crippen LogP contribution in [0.1, 0.15) is 0 Å². The van der Waals surface area contributed by atoms with Gasteiger partial charge in [0.25, 0.3) is 0 Å². The summed E-state index contributed by atoms with van der Waals surface area (Å²) in [7, 11) is 0. The number of nitrogens with one attached hydrogen (secondary N) is 1. The van der Waals surface area contributed by atoms with E-state index in [4.69, 9.17) is 12.2 Å². The molecule has 0 bridgehead atoms. The number of anilines is 2. The van der Waals surface area contributed by atoms with Gasteiger partial charge in [0, 0.05) is 11.4 Å². The summed E-state index contributed by atoms with van der Waals surface area (Å²) in [5.41, 5.74) is 1.96. The van der Waals surface area contributed by atoms with Crippen LogP contribution in [0.5, 0.6) is 0 Å². The van der Waals surface area contributed by atoms with Gasteiger partial charge in [-0.15, -0.1) is 10.2 Å². The first-order valence-corrected chi connectivity index (χ1v) is 6.36. The predicted molar refractivity (Wildman–Crippen MR) is 80.2 cm³/mol. The van der Waals surface area contributed by atoms with E-state index in [0.717, 1.165) is 11.4 Å². The van der Waals surface area contributed by atoms with Gasteiger partial charge in [-0.25, -0.2) is 0 Å². The monoisotopic (exact) mass is 268 g/mol. The highest BCUT2D eigenvalue weighted by Gasteiger charge is 2.27. The van der Waals surface area contributed by atoms with Gasteiger partial charge in [0.1, 0.15) is 0 Å². The van der Waals surface area contributed by atoms with Crippen molar-refractivity contribution in [2.75, 3.05) is 10.2 Å². The third-order valence-electron chi connectivity index (χ3n) is 2.81. The van der Waals surface area contributed by atoms with Crippen LogP contribution in [-0.2, 0) is 0 Å². The molecule has 0 saturated heterocycles. The number of rotatable bonds is 3. The molecule has 0 aliphatic carbocycles. The Morgan fingerprint density at radius 2 is 1.58 bits per heavy atom. The summed E-state index contributed by atoms with van der Waals surface area (Å²) in [6.07, 6.45) is -0.294. The van der Waals surface area contributed by atoms with Gasteiger partial charge in [-0.05, 0) is 36.5 Å². The van der Waals surface area contributed by atoms with Gasteiger partial charge >= 0.3 is 0 Å². The molecule has 2 aromatic carbocycles. The van der Waals surface area contributed by atoms with Gasteiger partial charge in [0.05, 0.1) is 0 Å². The first-order chi connectivity index (χ1) is 9.34. The van der Waals surface area contributed by atoms with Gasteiger partial charge in [-0.2, -0.15) is 0 Å². The minimum Gasteiger partial charge on any atom is -0.345 e. The lowest BCUT2D eigenvalue weighted by atomic mass is 10.3. The van der Waals surface area contributed by atoms with Crippen molar-refractivity contribution in [2.24, 2.45) is 10.2 Å². The molecular formula is C14H12N4S. The van der Waals surface area contributed by atoms with Crippen molar-refractivity contribution >= 4 is 28.7 Å². The molecule has 5 heteroatoms. The molecule has 94 valence electrons. The third-order valence-corrected chi connectivity index (χ3v) is 3.09. The van der Waals surface area contributed by atoms with Crippen LogP contribution < -0.4 is 10.2 Å². The minimum absolute atomic E-state index is 0.294. The van der Waals surface area contributed by atoms with E-state index in [0.29, 0.717) is 5.11 Å². The molecule has 0 amide bonds. The number of nitrogens with zero attached hydrogens (tertiary/aromatic N) is 3. The van der Waals surface area contributed by atoms with E-state index in [-0.39, 0.29) is 6.29 Å². The zero-order valence-electron chi connectivity index (χ0n) is 10.1. The molecular weight excluding hydrogens is 256 g/mol. The number of azo groups is 1. The zero-order chi connectivity index (χ0) is 13.1. The second-order valence-corrected chi connectivity index (χ2v) is 4.45. The highest BCUT2D eigenvalue weighted by Crippen LogP contribution is 2.24. The summed E-state index contributed by atoms with van der Waals surface area (Å²) in [5, 5.41) is 11.9. The molecule has 0 spiro atoms. The smallest absolute Gasteiger partial charge is 0.223 e. The Morgan fingerprint density at radius 3 is 2.26 bits per heavy atom. The fraction of sp³-hybridized carbons (Fsp3) is 0.0714. The van der Waals surface area contributed by atoms with Crippen molar-refractivity contribution in [3.8, 4) is 0 Å². The zero-order valence-corrected chi connectivity index (χ0v) is 10.9. The summed E-state index contributed by atoms with van der Waals surface area (Å²) in [5.74, 6) is 0. The van der Waals surface area contributed by atoms with Crippen LogP contribution in [0.25, 0.3) is 0 Å². The summed E-state index contributed by atoms with van der Waals surface area (Å²) >= 11 is 5.24. The normalized spacial score (nSPS) is 17.8. The standard InChI is InChI=1S/C14H12N4S/c19-14-17-16-13(15-11-7-3-1-4-8-11)18(14)12-9-5-2-6-10-12/h1-10,13,15H. The molecule has 1 aliphatic heterocycles. The van der Waals surface area contributed by atoms with Crippen LogP contribution in [0.2, 0.25) is 0 Å². The molecule has 0 radical (unpaired) electrons. The Balaban J connectivity index is 1.85. The highest BCUT2D eigenvalue weighted by atomic mass is 32.1. The summed E-state index contributed by atoms with van der Waals surface area (Å²) in [4.78, 5) is 1.89. The number of thiocarbonyl (C=S) groups is 1. The molecule has 1 aliphatic rings. The van der Waals surface area contributed by atoms with Gasteiger partial charge in [0.2, 0.25) is 11.4 Å². The topological polar surface area (TPSA) is 40.0 Å². The maximum atomic E-state index is 5.24. The molecule has 1 heterocycles. The first kappa shape index (κ1) is 11.8. The van der Waals surface area contributed by atoms with Gasteiger partial charge in [-0.3, -0.25) is 4.90 Å². The van der Waals surface area contributed by atoms with Crippen LogP contribution in [0.3, 0.4) is 0 Å². The van der Waals surface area contributed by atoms with Crippen molar-refractivity contribution in [1.82, 2.24) is 0 Å². The van der Waals surface area contributed by atoms with Crippen LogP contribution in [-0.4, -0.2) is 11.4 Å². The quantitative estimate of drug-likeness (QED) is 0.864. The van der Waals surface area contributed by atoms with E-state index in [2.05, 4.69) is 15.5 Å². The fourth-order valence-electron chi connectivity index (χ4n) is 1.93. The molecule has 0 aromatic heterocycles. The maximum Gasteiger partial charge on any atom is 0.223 e. The predicted octanol–water partition coefficient (Wildman–Crippen LogP) is 3.64.